The molecule has 2 aliphatic heterocycles. The minimum atomic E-state index is -1.45. The number of phenolic OH excluding ortho intramolecular Hbond substituents is 2. The Kier molecular flexibility index (Phi) is 12.8. The number of aromatic nitrogens is 2. The molecule has 11 nitrogen and oxygen atoms in total. The number of benzene rings is 3. The van der Waals surface area contributed by atoms with Crippen LogP contribution in [0.25, 0.3) is 17.5 Å². The van der Waals surface area contributed by atoms with Gasteiger partial charge in [-0.05, 0) is 134 Å². The molecule has 11 heteroatoms. The number of aromatic hydroxyl groups is 2. The Hall–Kier alpha value is -6.32. The first kappa shape index (κ1) is 47.0. The number of phenols is 2. The van der Waals surface area contributed by atoms with Gasteiger partial charge in [0.1, 0.15) is 11.5 Å². The molecule has 2 fully saturated rings. The van der Waals surface area contributed by atoms with E-state index in [4.69, 9.17) is 15.0 Å². The van der Waals surface area contributed by atoms with Gasteiger partial charge in [0, 0.05) is 54.4 Å². The van der Waals surface area contributed by atoms with Crippen molar-refractivity contribution in [2.75, 3.05) is 6.61 Å². The number of ether oxygens (including phenoxy) is 1. The summed E-state index contributed by atoms with van der Waals surface area (Å²) in [5, 5.41) is 64.1. The Morgan fingerprint density at radius 2 is 1.69 bits per heavy atom. The summed E-state index contributed by atoms with van der Waals surface area (Å²) in [6, 6.07) is 18.6. The minimum absolute atomic E-state index is 0.00417. The molecule has 0 amide bonds. The number of carbonyl (C=O) groups excluding carboxylic acids is 2. The molecular formula is C60H63N3O8-2. The lowest BCUT2D eigenvalue weighted by molar-refractivity contribution is -0.135. The number of nitrogens with one attached hydrogen (secondary N) is 1. The second kappa shape index (κ2) is 19.4. The lowest BCUT2D eigenvalue weighted by Gasteiger charge is -2.42. The number of nitrogens with zero attached hydrogens (tertiary/aromatic N) is 2. The average Bonchev–Trinajstić information content (AvgIpc) is 4.21. The molecule has 0 radical (unpaired) electrons. The van der Waals surface area contributed by atoms with Crippen molar-refractivity contribution in [2.45, 2.75) is 144 Å². The highest BCUT2D eigenvalue weighted by Crippen LogP contribution is 2.51. The average molecular weight is 954 g/mol. The number of aromatic amines is 1. The van der Waals surface area contributed by atoms with Gasteiger partial charge in [0.15, 0.2) is 17.3 Å². The fourth-order valence-electron chi connectivity index (χ4n) is 13.1. The zero-order chi connectivity index (χ0) is 48.9. The van der Waals surface area contributed by atoms with Crippen LogP contribution in [-0.2, 0) is 40.7 Å². The molecule has 368 valence electrons. The number of ketones is 2. The molecule has 1 spiro atoms. The number of aliphatic hydroxyl groups is 3. The van der Waals surface area contributed by atoms with Gasteiger partial charge >= 0.3 is 0 Å². The molecule has 71 heavy (non-hydrogen) atoms. The second-order valence-electron chi connectivity index (χ2n) is 21.2. The summed E-state index contributed by atoms with van der Waals surface area (Å²) in [6.07, 6.45) is 17.6. The van der Waals surface area contributed by atoms with E-state index in [0.29, 0.717) is 59.6 Å². The van der Waals surface area contributed by atoms with E-state index in [9.17, 15) is 30.3 Å². The van der Waals surface area contributed by atoms with Gasteiger partial charge in [-0.25, -0.2) is 0 Å². The Morgan fingerprint density at radius 1 is 0.859 bits per heavy atom. The van der Waals surface area contributed by atoms with E-state index in [2.05, 4.69) is 35.0 Å². The summed E-state index contributed by atoms with van der Waals surface area (Å²) in [5.74, 6) is 4.37. The number of aliphatic hydroxyl groups excluding tert-OH is 2. The van der Waals surface area contributed by atoms with Crippen LogP contribution in [0.1, 0.15) is 145 Å². The van der Waals surface area contributed by atoms with Crippen LogP contribution >= 0.6 is 0 Å². The van der Waals surface area contributed by atoms with Crippen molar-refractivity contribution in [3.63, 3.8) is 0 Å². The number of carbonyl (C=O) groups is 2. The molecule has 0 saturated heterocycles. The van der Waals surface area contributed by atoms with Crippen LogP contribution in [0.5, 0.6) is 17.2 Å². The van der Waals surface area contributed by atoms with Gasteiger partial charge in [-0.3, -0.25) is 9.59 Å². The van der Waals surface area contributed by atoms with Gasteiger partial charge in [0.05, 0.1) is 23.7 Å². The maximum Gasteiger partial charge on any atom is 0.161 e. The van der Waals surface area contributed by atoms with E-state index >= 15 is 4.79 Å². The summed E-state index contributed by atoms with van der Waals surface area (Å²) in [6.45, 7) is -0.404. The molecule has 6 N–H and O–H groups in total. The predicted octanol–water partition coefficient (Wildman–Crippen LogP) is 9.50. The molecule has 2 saturated carbocycles. The summed E-state index contributed by atoms with van der Waals surface area (Å²) in [7, 11) is 0. The van der Waals surface area contributed by atoms with Crippen molar-refractivity contribution in [1.29, 1.82) is 0 Å². The Morgan fingerprint density at radius 3 is 2.52 bits per heavy atom. The van der Waals surface area contributed by atoms with E-state index in [1.165, 1.54) is 0 Å². The summed E-state index contributed by atoms with van der Waals surface area (Å²) < 4.78 is 6.53. The van der Waals surface area contributed by atoms with E-state index in [-0.39, 0.29) is 61.3 Å². The van der Waals surface area contributed by atoms with Crippen molar-refractivity contribution in [2.24, 2.45) is 11.8 Å². The molecule has 6 atom stereocenters. The zero-order valence-corrected chi connectivity index (χ0v) is 40.2. The number of aryl methyl sites for hydroxylation is 2. The lowest BCUT2D eigenvalue weighted by atomic mass is 9.65. The smallest absolute Gasteiger partial charge is 0.161 e. The van der Waals surface area contributed by atoms with Gasteiger partial charge in [0.2, 0.25) is 0 Å². The number of rotatable bonds is 6. The Balaban J connectivity index is 1.08. The van der Waals surface area contributed by atoms with Crippen LogP contribution in [0.4, 0.5) is 5.82 Å². The van der Waals surface area contributed by atoms with Crippen LogP contribution in [0.2, 0.25) is 0 Å². The molecule has 3 aromatic carbocycles. The molecular weight excluding hydrogens is 891 g/mol. The van der Waals surface area contributed by atoms with Gasteiger partial charge in [0.25, 0.3) is 0 Å². The van der Waals surface area contributed by atoms with Crippen LogP contribution < -0.4 is 9.72 Å². The van der Waals surface area contributed by atoms with E-state index in [1.54, 1.807) is 30.5 Å². The van der Waals surface area contributed by atoms with Crippen molar-refractivity contribution < 1.29 is 39.9 Å². The monoisotopic (exact) mass is 953 g/mol. The highest BCUT2D eigenvalue weighted by Gasteiger charge is 2.46. The third kappa shape index (κ3) is 9.04. The summed E-state index contributed by atoms with van der Waals surface area (Å²) in [5.41, 5.74) is 6.99. The largest absolute Gasteiger partial charge is 0.664 e. The zero-order valence-electron chi connectivity index (χ0n) is 40.2. The Bertz CT molecular complexity index is 2970. The standard InChI is InChI=1S/C60H63N3O8/c64-28-21-45-52(66)16-14-37-31-41(56(68)53(32-37)71-42-8-1-2-9-42)30-36-13-15-48-40(29-36)33-39-19-26-62-58(39)63-49(10-6-12-54(67)60(48)22-3-4-23-60)46-34-50-44(20-27-61-50)47(55(46)57(45)69)35-59(70)24-17-38-7-5-11-51(65)43(38)18-25-59/h5,7,11,13,15,18-20,25-27,29,31-32,34,42,45,47,49,54-55,62,64-65,67-68,70H,1-4,8-9,12,14,16-17,21-24,28,30,33,35H2/q-2/t45-,47+,49+,54+,55-,59-/m0/s1. The number of Topliss-reactive ketones (excluding diaryl/α,β-unsaturated/α-hetero) is 2. The molecule has 6 aliphatic rings. The highest BCUT2D eigenvalue weighted by molar-refractivity contribution is 6.05. The quantitative estimate of drug-likeness (QED) is 0.0712. The first-order valence-electron chi connectivity index (χ1n) is 25.9. The third-order valence-electron chi connectivity index (χ3n) is 16.8. The maximum atomic E-state index is 16.0. The van der Waals surface area contributed by atoms with Crippen molar-refractivity contribution in [3.05, 3.63) is 146 Å². The SMILES string of the molecule is O=C1CCc2cc(c(O)c(OC3CCCC3)c2)Cc2ccc3c(c2)Cc2cc[nH]c2[N-][C@H](C#CC[C@@H](O)C32CCCC2)C2=Cc3[n-]ccc3[C@@H](C[C@@]3(O)C=Cc4c(O)cccc4CC3)[C@H]2C(=O)[C@H]1CCO. The van der Waals surface area contributed by atoms with Gasteiger partial charge in [-0.15, -0.1) is 11.6 Å². The number of H-pyrrole nitrogens is 1. The van der Waals surface area contributed by atoms with Crippen LogP contribution in [-0.4, -0.2) is 72.5 Å². The molecule has 11 rings (SSSR count). The second-order valence-corrected chi connectivity index (χ2v) is 21.2. The molecule has 5 aromatic rings. The predicted molar refractivity (Wildman–Crippen MR) is 272 cm³/mol. The van der Waals surface area contributed by atoms with E-state index < -0.39 is 47.5 Å². The van der Waals surface area contributed by atoms with Crippen molar-refractivity contribution >= 4 is 29.5 Å². The van der Waals surface area contributed by atoms with Gasteiger partial charge < -0.3 is 45.6 Å². The van der Waals surface area contributed by atoms with Crippen molar-refractivity contribution in [1.82, 2.24) is 9.97 Å². The first-order valence-corrected chi connectivity index (χ1v) is 25.9. The Labute approximate surface area is 415 Å². The number of hydrogen-bond donors (Lipinski definition) is 6. The van der Waals surface area contributed by atoms with Crippen LogP contribution in [0.15, 0.2) is 84.7 Å². The fraction of sp³-hybridized carbons (Fsp3) is 0.433. The molecule has 4 heterocycles. The van der Waals surface area contributed by atoms with Gasteiger partial charge in [-0.1, -0.05) is 103 Å². The van der Waals surface area contributed by atoms with Crippen LogP contribution in [0.3, 0.4) is 0 Å². The molecule has 0 unspecified atom stereocenters. The highest BCUT2D eigenvalue weighted by atomic mass is 16.5. The lowest BCUT2D eigenvalue weighted by Crippen LogP contribution is -2.41. The fourth-order valence-corrected chi connectivity index (χ4v) is 13.1. The summed E-state index contributed by atoms with van der Waals surface area (Å²) in [4.78, 5) is 39.0. The third-order valence-corrected chi connectivity index (χ3v) is 16.8. The van der Waals surface area contributed by atoms with Gasteiger partial charge in [-0.2, -0.15) is 6.20 Å². The molecule has 4 aliphatic carbocycles. The minimum Gasteiger partial charge on any atom is -0.664 e. The topological polar surface area (TPSA) is 189 Å². The first-order chi connectivity index (χ1) is 34.5. The number of hydrogen-bond acceptors (Lipinski definition) is 8. The maximum absolute atomic E-state index is 16.0. The van der Waals surface area contributed by atoms with E-state index in [1.807, 2.05) is 42.6 Å². The molecule has 5 bridgehead atoms. The number of fused-ring (bicyclic) bond motifs is 9. The molecule has 2 aromatic heterocycles. The van der Waals surface area contributed by atoms with E-state index in [0.717, 1.165) is 90.3 Å². The summed E-state index contributed by atoms with van der Waals surface area (Å²) >= 11 is 0. The van der Waals surface area contributed by atoms with Crippen LogP contribution in [0, 0.1) is 23.7 Å². The van der Waals surface area contributed by atoms with Crippen molar-refractivity contribution in [3.8, 4) is 29.1 Å². The normalized spacial score (nSPS) is 26.1.